The predicted molar refractivity (Wildman–Crippen MR) is 45.7 cm³/mol. The van der Waals surface area contributed by atoms with Gasteiger partial charge >= 0.3 is 12.1 Å². The second-order valence-corrected chi connectivity index (χ2v) is 4.11. The number of likely N-dealkylation sites (tertiary alicyclic amines) is 1. The van der Waals surface area contributed by atoms with Crippen molar-refractivity contribution < 1.29 is 24.9 Å². The fourth-order valence-electron chi connectivity index (χ4n) is 1.69. The molecule has 2 unspecified atom stereocenters. The van der Waals surface area contributed by atoms with Crippen LogP contribution in [-0.2, 0) is 4.79 Å². The van der Waals surface area contributed by atoms with Crippen LogP contribution in [0.3, 0.4) is 0 Å². The second kappa shape index (κ2) is 3.13. The highest BCUT2D eigenvalue weighted by atomic mass is 16.4. The normalized spacial score (nSPS) is 30.4. The van der Waals surface area contributed by atoms with Gasteiger partial charge in [0.25, 0.3) is 0 Å². The average molecular weight is 203 g/mol. The molecule has 0 saturated carbocycles. The first kappa shape index (κ1) is 10.8. The first-order valence-electron chi connectivity index (χ1n) is 4.19. The largest absolute Gasteiger partial charge is 0.480 e. The summed E-state index contributed by atoms with van der Waals surface area (Å²) < 4.78 is 0. The molecule has 1 aliphatic heterocycles. The van der Waals surface area contributed by atoms with Crippen molar-refractivity contribution in [2.75, 3.05) is 0 Å². The predicted octanol–water partition coefficient (Wildman–Crippen LogP) is 0.168. The molecule has 1 amide bonds. The lowest BCUT2D eigenvalue weighted by Crippen LogP contribution is -2.45. The number of hydrogen-bond donors (Lipinski definition) is 3. The van der Waals surface area contributed by atoms with Crippen molar-refractivity contribution in [2.45, 2.75) is 32.5 Å². The first-order chi connectivity index (χ1) is 6.27. The van der Waals surface area contributed by atoms with Gasteiger partial charge in [-0.1, -0.05) is 13.8 Å². The number of carboxylic acid groups (broad SMARTS) is 2. The Labute approximate surface area is 80.8 Å². The lowest BCUT2D eigenvalue weighted by atomic mass is 9.89. The Morgan fingerprint density at radius 2 is 1.86 bits per heavy atom. The van der Waals surface area contributed by atoms with Crippen molar-refractivity contribution in [3.05, 3.63) is 0 Å². The fourth-order valence-corrected chi connectivity index (χ4v) is 1.69. The number of carbonyl (C=O) groups is 2. The van der Waals surface area contributed by atoms with Crippen molar-refractivity contribution in [3.8, 4) is 0 Å². The van der Waals surface area contributed by atoms with Gasteiger partial charge in [0, 0.05) is 5.41 Å². The Balaban J connectivity index is 2.99. The minimum absolute atomic E-state index is 0.121. The zero-order valence-electron chi connectivity index (χ0n) is 7.97. The lowest BCUT2D eigenvalue weighted by Gasteiger charge is -2.26. The first-order valence-corrected chi connectivity index (χ1v) is 4.19. The molecule has 0 radical (unpaired) electrons. The number of aliphatic hydroxyl groups excluding tert-OH is 1. The van der Waals surface area contributed by atoms with Crippen molar-refractivity contribution in [1.82, 2.24) is 4.90 Å². The summed E-state index contributed by atoms with van der Waals surface area (Å²) in [7, 11) is 0. The molecule has 0 spiro atoms. The van der Waals surface area contributed by atoms with E-state index in [1.165, 1.54) is 0 Å². The Kier molecular flexibility index (Phi) is 2.41. The molecule has 80 valence electrons. The van der Waals surface area contributed by atoms with E-state index in [-0.39, 0.29) is 6.42 Å². The number of aliphatic carboxylic acids is 1. The van der Waals surface area contributed by atoms with E-state index in [0.717, 1.165) is 0 Å². The summed E-state index contributed by atoms with van der Waals surface area (Å²) >= 11 is 0. The molecular formula is C8H13NO5. The van der Waals surface area contributed by atoms with Crippen LogP contribution < -0.4 is 0 Å². The van der Waals surface area contributed by atoms with Crippen molar-refractivity contribution >= 4 is 12.1 Å². The van der Waals surface area contributed by atoms with E-state index in [0.29, 0.717) is 4.90 Å². The quantitative estimate of drug-likeness (QED) is 0.564. The third-order valence-electron chi connectivity index (χ3n) is 2.52. The monoisotopic (exact) mass is 203 g/mol. The SMILES string of the molecule is CC1(C)CC(C(=O)O)N(C(=O)O)C1O. The molecule has 0 aromatic carbocycles. The van der Waals surface area contributed by atoms with Crippen LogP contribution in [0.5, 0.6) is 0 Å². The summed E-state index contributed by atoms with van der Waals surface area (Å²) in [6.07, 6.45) is -2.55. The molecule has 14 heavy (non-hydrogen) atoms. The summed E-state index contributed by atoms with van der Waals surface area (Å²) in [5, 5.41) is 27.1. The highest BCUT2D eigenvalue weighted by molar-refractivity contribution is 5.80. The molecule has 1 saturated heterocycles. The van der Waals surface area contributed by atoms with Crippen LogP contribution in [0, 0.1) is 5.41 Å². The van der Waals surface area contributed by atoms with Gasteiger partial charge in [-0.25, -0.2) is 9.59 Å². The molecule has 3 N–H and O–H groups in total. The van der Waals surface area contributed by atoms with E-state index in [1.807, 2.05) is 0 Å². The van der Waals surface area contributed by atoms with E-state index in [9.17, 15) is 14.7 Å². The van der Waals surface area contributed by atoms with Gasteiger partial charge in [-0.05, 0) is 6.42 Å². The molecule has 0 aromatic rings. The molecule has 2 atom stereocenters. The molecule has 6 heteroatoms. The van der Waals surface area contributed by atoms with Crippen molar-refractivity contribution in [1.29, 1.82) is 0 Å². The van der Waals surface area contributed by atoms with E-state index in [4.69, 9.17) is 10.2 Å². The highest BCUT2D eigenvalue weighted by Gasteiger charge is 2.51. The van der Waals surface area contributed by atoms with Gasteiger partial charge in [0.2, 0.25) is 0 Å². The third-order valence-corrected chi connectivity index (χ3v) is 2.52. The molecular weight excluding hydrogens is 190 g/mol. The summed E-state index contributed by atoms with van der Waals surface area (Å²) in [6, 6.07) is -1.16. The van der Waals surface area contributed by atoms with Crippen LogP contribution >= 0.6 is 0 Å². The lowest BCUT2D eigenvalue weighted by molar-refractivity contribution is -0.143. The van der Waals surface area contributed by atoms with E-state index in [2.05, 4.69) is 0 Å². The van der Waals surface area contributed by atoms with Gasteiger partial charge in [-0.15, -0.1) is 0 Å². The van der Waals surface area contributed by atoms with Gasteiger partial charge in [0.15, 0.2) is 0 Å². The summed E-state index contributed by atoms with van der Waals surface area (Å²) in [5.41, 5.74) is -0.721. The zero-order chi connectivity index (χ0) is 11.1. The van der Waals surface area contributed by atoms with Crippen molar-refractivity contribution in [3.63, 3.8) is 0 Å². The average Bonchev–Trinajstić information content (AvgIpc) is 2.23. The smallest absolute Gasteiger partial charge is 0.410 e. The molecule has 0 aliphatic carbocycles. The van der Waals surface area contributed by atoms with Gasteiger partial charge in [0.05, 0.1) is 0 Å². The number of nitrogens with zero attached hydrogens (tertiary/aromatic N) is 1. The van der Waals surface area contributed by atoms with Gasteiger partial charge in [-0.3, -0.25) is 4.90 Å². The molecule has 0 bridgehead atoms. The minimum Gasteiger partial charge on any atom is -0.480 e. The number of rotatable bonds is 1. The Morgan fingerprint density at radius 1 is 1.36 bits per heavy atom. The van der Waals surface area contributed by atoms with E-state index < -0.39 is 29.7 Å². The molecule has 6 nitrogen and oxygen atoms in total. The maximum Gasteiger partial charge on any atom is 0.410 e. The number of hydrogen-bond acceptors (Lipinski definition) is 3. The number of carboxylic acids is 1. The molecule has 0 aromatic heterocycles. The number of amides is 1. The summed E-state index contributed by atoms with van der Waals surface area (Å²) in [4.78, 5) is 22.0. The van der Waals surface area contributed by atoms with Crippen LogP contribution in [0.1, 0.15) is 20.3 Å². The van der Waals surface area contributed by atoms with Crippen LogP contribution in [-0.4, -0.2) is 44.6 Å². The zero-order valence-corrected chi connectivity index (χ0v) is 7.97. The van der Waals surface area contributed by atoms with Crippen LogP contribution in [0.4, 0.5) is 4.79 Å². The Hall–Kier alpha value is -1.30. The van der Waals surface area contributed by atoms with Crippen LogP contribution in [0.2, 0.25) is 0 Å². The third kappa shape index (κ3) is 1.52. The molecule has 1 rings (SSSR count). The van der Waals surface area contributed by atoms with Crippen LogP contribution in [0.15, 0.2) is 0 Å². The Bertz CT molecular complexity index is 275. The summed E-state index contributed by atoms with van der Waals surface area (Å²) in [5.74, 6) is -1.22. The van der Waals surface area contributed by atoms with Crippen LogP contribution in [0.25, 0.3) is 0 Å². The topological polar surface area (TPSA) is 98.1 Å². The maximum absolute atomic E-state index is 10.7. The fraction of sp³-hybridized carbons (Fsp3) is 0.750. The molecule has 1 aliphatic rings. The van der Waals surface area contributed by atoms with Gasteiger partial charge in [-0.2, -0.15) is 0 Å². The van der Waals surface area contributed by atoms with E-state index in [1.54, 1.807) is 13.8 Å². The molecule has 1 fully saturated rings. The van der Waals surface area contributed by atoms with E-state index >= 15 is 0 Å². The van der Waals surface area contributed by atoms with Gasteiger partial charge in [0.1, 0.15) is 12.3 Å². The maximum atomic E-state index is 10.7. The van der Waals surface area contributed by atoms with Crippen molar-refractivity contribution in [2.24, 2.45) is 5.41 Å². The number of aliphatic hydroxyl groups is 1. The Morgan fingerprint density at radius 3 is 2.14 bits per heavy atom. The minimum atomic E-state index is -1.41. The second-order valence-electron chi connectivity index (χ2n) is 4.11. The summed E-state index contributed by atoms with van der Waals surface area (Å²) in [6.45, 7) is 3.27. The highest BCUT2D eigenvalue weighted by Crippen LogP contribution is 2.38. The standard InChI is InChI=1S/C8H13NO5/c1-8(2)3-4(5(10)11)9(6(8)12)7(13)14/h4,6,12H,3H2,1-2H3,(H,10,11)(H,13,14). The molecule has 1 heterocycles. The van der Waals surface area contributed by atoms with Gasteiger partial charge < -0.3 is 15.3 Å².